The van der Waals surface area contributed by atoms with E-state index in [1.54, 1.807) is 33.1 Å². The van der Waals surface area contributed by atoms with Crippen LogP contribution in [0.5, 0.6) is 17.2 Å². The average Bonchev–Trinajstić information content (AvgIpc) is 2.57. The van der Waals surface area contributed by atoms with Crippen LogP contribution in [-0.4, -0.2) is 38.7 Å². The van der Waals surface area contributed by atoms with Crippen LogP contribution in [0.3, 0.4) is 0 Å². The van der Waals surface area contributed by atoms with Crippen molar-refractivity contribution in [2.45, 2.75) is 32.7 Å². The fourth-order valence-electron chi connectivity index (χ4n) is 2.13. The standard InChI is InChI=1S/C17H27NO4S/c1-6-7-8-23-11-16(19)18-12(2)13-9-14(20-3)17(22-5)15(10-13)21-4/h9-10,12H,6-8,11H2,1-5H3,(H,18,19)/t12-/m1/s1. The van der Waals surface area contributed by atoms with E-state index in [4.69, 9.17) is 14.2 Å². The van der Waals surface area contributed by atoms with Crippen LogP contribution >= 0.6 is 11.8 Å². The summed E-state index contributed by atoms with van der Waals surface area (Å²) >= 11 is 1.66. The van der Waals surface area contributed by atoms with Crippen molar-refractivity contribution >= 4 is 17.7 Å². The van der Waals surface area contributed by atoms with Crippen LogP contribution in [0.25, 0.3) is 0 Å². The molecule has 1 amide bonds. The van der Waals surface area contributed by atoms with Crippen LogP contribution < -0.4 is 19.5 Å². The number of benzene rings is 1. The summed E-state index contributed by atoms with van der Waals surface area (Å²) in [6, 6.07) is 3.58. The number of unbranched alkanes of at least 4 members (excludes halogenated alkanes) is 1. The molecule has 1 atom stereocenters. The summed E-state index contributed by atoms with van der Waals surface area (Å²) in [5.41, 5.74) is 0.909. The van der Waals surface area contributed by atoms with Gasteiger partial charge in [-0.25, -0.2) is 0 Å². The quantitative estimate of drug-likeness (QED) is 0.661. The maximum Gasteiger partial charge on any atom is 0.230 e. The van der Waals surface area contributed by atoms with Crippen molar-refractivity contribution in [2.24, 2.45) is 0 Å². The Morgan fingerprint density at radius 1 is 1.17 bits per heavy atom. The Morgan fingerprint density at radius 2 is 1.78 bits per heavy atom. The molecule has 0 bridgehead atoms. The van der Waals surface area contributed by atoms with Gasteiger partial charge in [0.05, 0.1) is 33.1 Å². The number of nitrogens with one attached hydrogen (secondary N) is 1. The smallest absolute Gasteiger partial charge is 0.230 e. The van der Waals surface area contributed by atoms with E-state index in [-0.39, 0.29) is 11.9 Å². The lowest BCUT2D eigenvalue weighted by Crippen LogP contribution is -2.28. The van der Waals surface area contributed by atoms with Gasteiger partial charge < -0.3 is 19.5 Å². The summed E-state index contributed by atoms with van der Waals surface area (Å²) in [4.78, 5) is 12.0. The molecule has 0 fully saturated rings. The van der Waals surface area contributed by atoms with Crippen LogP contribution in [0.1, 0.15) is 38.3 Å². The zero-order chi connectivity index (χ0) is 17.2. The third kappa shape index (κ3) is 5.86. The first kappa shape index (κ1) is 19.5. The summed E-state index contributed by atoms with van der Waals surface area (Å²) in [7, 11) is 4.72. The Hall–Kier alpha value is -1.56. The molecule has 0 aliphatic carbocycles. The molecule has 0 spiro atoms. The van der Waals surface area contributed by atoms with Crippen LogP contribution in [0.2, 0.25) is 0 Å². The van der Waals surface area contributed by atoms with Gasteiger partial charge in [-0.2, -0.15) is 11.8 Å². The number of thioether (sulfide) groups is 1. The fourth-order valence-corrected chi connectivity index (χ4v) is 3.03. The Morgan fingerprint density at radius 3 is 2.26 bits per heavy atom. The molecule has 0 radical (unpaired) electrons. The second-order valence-electron chi connectivity index (χ2n) is 5.15. The zero-order valence-corrected chi connectivity index (χ0v) is 15.4. The molecule has 130 valence electrons. The lowest BCUT2D eigenvalue weighted by atomic mass is 10.1. The SMILES string of the molecule is CCCCSCC(=O)N[C@H](C)c1cc(OC)c(OC)c(OC)c1. The highest BCUT2D eigenvalue weighted by atomic mass is 32.2. The van der Waals surface area contributed by atoms with E-state index in [1.807, 2.05) is 19.1 Å². The topological polar surface area (TPSA) is 56.8 Å². The first-order valence-electron chi connectivity index (χ1n) is 7.74. The van der Waals surface area contributed by atoms with Gasteiger partial charge in [-0.1, -0.05) is 13.3 Å². The highest BCUT2D eigenvalue weighted by molar-refractivity contribution is 7.99. The minimum Gasteiger partial charge on any atom is -0.493 e. The molecular formula is C17H27NO4S. The van der Waals surface area contributed by atoms with Crippen LogP contribution in [0, 0.1) is 0 Å². The largest absolute Gasteiger partial charge is 0.493 e. The number of methoxy groups -OCH3 is 3. The first-order chi connectivity index (χ1) is 11.1. The Balaban J connectivity index is 2.75. The van der Waals surface area contributed by atoms with E-state index in [0.29, 0.717) is 23.0 Å². The molecule has 0 aliphatic heterocycles. The predicted molar refractivity (Wildman–Crippen MR) is 94.9 cm³/mol. The van der Waals surface area contributed by atoms with E-state index in [2.05, 4.69) is 12.2 Å². The Labute approximate surface area is 143 Å². The summed E-state index contributed by atoms with van der Waals surface area (Å²) < 4.78 is 16.0. The molecule has 1 aromatic rings. The highest BCUT2D eigenvalue weighted by Crippen LogP contribution is 2.39. The molecule has 1 rings (SSSR count). The van der Waals surface area contributed by atoms with E-state index in [0.717, 1.165) is 24.2 Å². The number of rotatable bonds is 10. The number of carbonyl (C=O) groups is 1. The fraction of sp³-hybridized carbons (Fsp3) is 0.588. The van der Waals surface area contributed by atoms with Gasteiger partial charge in [0.15, 0.2) is 11.5 Å². The molecule has 5 nitrogen and oxygen atoms in total. The molecule has 0 aliphatic rings. The zero-order valence-electron chi connectivity index (χ0n) is 14.6. The third-order valence-electron chi connectivity index (χ3n) is 3.44. The molecule has 6 heteroatoms. The van der Waals surface area contributed by atoms with Crippen molar-refractivity contribution in [1.29, 1.82) is 0 Å². The van der Waals surface area contributed by atoms with Crippen molar-refractivity contribution in [2.75, 3.05) is 32.8 Å². The molecule has 0 saturated carbocycles. The van der Waals surface area contributed by atoms with Crippen molar-refractivity contribution in [3.05, 3.63) is 17.7 Å². The van der Waals surface area contributed by atoms with E-state index in [9.17, 15) is 4.79 Å². The van der Waals surface area contributed by atoms with Gasteiger partial charge in [0.2, 0.25) is 11.7 Å². The molecule has 1 N–H and O–H groups in total. The summed E-state index contributed by atoms with van der Waals surface area (Å²) in [5.74, 6) is 3.25. The monoisotopic (exact) mass is 341 g/mol. The molecule has 0 aromatic heterocycles. The maximum absolute atomic E-state index is 12.0. The van der Waals surface area contributed by atoms with Gasteiger partial charge in [0.25, 0.3) is 0 Å². The second kappa shape index (κ2) is 10.3. The van der Waals surface area contributed by atoms with Crippen molar-refractivity contribution in [1.82, 2.24) is 5.32 Å². The lowest BCUT2D eigenvalue weighted by Gasteiger charge is -2.18. The predicted octanol–water partition coefficient (Wildman–Crippen LogP) is 3.42. The van der Waals surface area contributed by atoms with E-state index in [1.165, 1.54) is 0 Å². The molecule has 0 unspecified atom stereocenters. The van der Waals surface area contributed by atoms with Crippen molar-refractivity contribution in [3.63, 3.8) is 0 Å². The Kier molecular flexibility index (Phi) is 8.69. The second-order valence-corrected chi connectivity index (χ2v) is 6.26. The lowest BCUT2D eigenvalue weighted by molar-refractivity contribution is -0.119. The third-order valence-corrected chi connectivity index (χ3v) is 4.48. The summed E-state index contributed by atoms with van der Waals surface area (Å²) in [6.07, 6.45) is 2.29. The molecular weight excluding hydrogens is 314 g/mol. The molecule has 0 heterocycles. The Bertz CT molecular complexity index is 482. The van der Waals surface area contributed by atoms with Gasteiger partial charge >= 0.3 is 0 Å². The summed E-state index contributed by atoms with van der Waals surface area (Å²) in [6.45, 7) is 4.09. The highest BCUT2D eigenvalue weighted by Gasteiger charge is 2.17. The number of hydrogen-bond donors (Lipinski definition) is 1. The molecule has 1 aromatic carbocycles. The van der Waals surface area contributed by atoms with E-state index < -0.39 is 0 Å². The van der Waals surface area contributed by atoms with Crippen LogP contribution in [0.4, 0.5) is 0 Å². The molecule has 23 heavy (non-hydrogen) atoms. The van der Waals surface area contributed by atoms with Gasteiger partial charge in [-0.15, -0.1) is 0 Å². The van der Waals surface area contributed by atoms with Gasteiger partial charge in [-0.3, -0.25) is 4.79 Å². The van der Waals surface area contributed by atoms with Crippen LogP contribution in [0.15, 0.2) is 12.1 Å². The van der Waals surface area contributed by atoms with Crippen molar-refractivity contribution in [3.8, 4) is 17.2 Å². The number of hydrogen-bond acceptors (Lipinski definition) is 5. The molecule has 0 saturated heterocycles. The average molecular weight is 341 g/mol. The normalized spacial score (nSPS) is 11.7. The van der Waals surface area contributed by atoms with Crippen molar-refractivity contribution < 1.29 is 19.0 Å². The number of amides is 1. The minimum atomic E-state index is -0.136. The van der Waals surface area contributed by atoms with Crippen LogP contribution in [-0.2, 0) is 4.79 Å². The van der Waals surface area contributed by atoms with Gasteiger partial charge in [0.1, 0.15) is 0 Å². The van der Waals surface area contributed by atoms with E-state index >= 15 is 0 Å². The minimum absolute atomic E-state index is 0.0346. The number of ether oxygens (including phenoxy) is 3. The first-order valence-corrected chi connectivity index (χ1v) is 8.89. The maximum atomic E-state index is 12.0. The number of carbonyl (C=O) groups excluding carboxylic acids is 1. The summed E-state index contributed by atoms with van der Waals surface area (Å²) in [5, 5.41) is 3.00. The van der Waals surface area contributed by atoms with Gasteiger partial charge in [0, 0.05) is 0 Å². The van der Waals surface area contributed by atoms with Gasteiger partial charge in [-0.05, 0) is 36.8 Å².